The highest BCUT2D eigenvalue weighted by atomic mass is 28.4. The van der Waals surface area contributed by atoms with Crippen molar-refractivity contribution in [3.63, 3.8) is 0 Å². The van der Waals surface area contributed by atoms with Crippen molar-refractivity contribution in [2.24, 2.45) is 5.73 Å². The summed E-state index contributed by atoms with van der Waals surface area (Å²) in [4.78, 5) is 0. The minimum atomic E-state index is -1.94. The Hall–Kier alpha value is 0.0969. The molecule has 0 atom stereocenters. The van der Waals surface area contributed by atoms with Crippen LogP contribution in [0.3, 0.4) is 0 Å². The molecule has 0 rings (SSSR count). The van der Waals surface area contributed by atoms with Crippen LogP contribution in [-0.4, -0.2) is 28.3 Å². The zero-order valence-corrected chi connectivity index (χ0v) is 12.3. The summed E-state index contributed by atoms with van der Waals surface area (Å²) < 4.78 is 12.2. The minimum absolute atomic E-state index is 0.740. The number of rotatable bonds is 11. The van der Waals surface area contributed by atoms with Crippen molar-refractivity contribution in [3.8, 4) is 0 Å². The van der Waals surface area contributed by atoms with Crippen LogP contribution in [0.15, 0.2) is 0 Å². The van der Waals surface area contributed by atoms with Gasteiger partial charge in [0.1, 0.15) is 0 Å². The lowest BCUT2D eigenvalue weighted by Crippen LogP contribution is -2.43. The lowest BCUT2D eigenvalue weighted by molar-refractivity contribution is 0.166. The molecule has 0 amide bonds. The van der Waals surface area contributed by atoms with Crippen molar-refractivity contribution in [1.29, 1.82) is 0 Å². The third-order valence-corrected chi connectivity index (χ3v) is 6.37. The SMILES string of the molecule is CCCO[Si](CCC)(CCCN)OCCC. The predicted octanol–water partition coefficient (Wildman–Crippen LogP) is 3.04. The van der Waals surface area contributed by atoms with Gasteiger partial charge in [-0.1, -0.05) is 27.2 Å². The van der Waals surface area contributed by atoms with Gasteiger partial charge in [-0.25, -0.2) is 0 Å². The summed E-state index contributed by atoms with van der Waals surface area (Å²) in [6.07, 6.45) is 4.30. The van der Waals surface area contributed by atoms with E-state index in [1.807, 2.05) is 0 Å². The van der Waals surface area contributed by atoms with E-state index >= 15 is 0 Å². The van der Waals surface area contributed by atoms with Gasteiger partial charge in [0.25, 0.3) is 0 Å². The highest BCUT2D eigenvalue weighted by Crippen LogP contribution is 2.23. The molecule has 0 aliphatic rings. The minimum Gasteiger partial charge on any atom is -0.394 e. The molecule has 0 aromatic rings. The second-order valence-electron chi connectivity index (χ2n) is 4.25. The molecule has 3 nitrogen and oxygen atoms in total. The molecular formula is C12H29NO2Si. The van der Waals surface area contributed by atoms with Crippen LogP contribution in [0.25, 0.3) is 0 Å². The maximum Gasteiger partial charge on any atom is 0.338 e. The molecule has 0 spiro atoms. The quantitative estimate of drug-likeness (QED) is 0.571. The van der Waals surface area contributed by atoms with Crippen LogP contribution in [0.4, 0.5) is 0 Å². The summed E-state index contributed by atoms with van der Waals surface area (Å²) >= 11 is 0. The molecule has 0 bridgehead atoms. The van der Waals surface area contributed by atoms with E-state index in [9.17, 15) is 0 Å². The average molecular weight is 247 g/mol. The first-order valence-electron chi connectivity index (χ1n) is 6.72. The topological polar surface area (TPSA) is 44.5 Å². The van der Waals surface area contributed by atoms with Crippen molar-refractivity contribution in [2.45, 2.75) is 58.5 Å². The highest BCUT2D eigenvalue weighted by molar-refractivity contribution is 6.67. The molecule has 0 saturated carbocycles. The van der Waals surface area contributed by atoms with E-state index in [0.717, 1.165) is 57.5 Å². The Kier molecular flexibility index (Phi) is 10.3. The van der Waals surface area contributed by atoms with Crippen LogP contribution in [-0.2, 0) is 8.85 Å². The van der Waals surface area contributed by atoms with Crippen LogP contribution < -0.4 is 5.73 Å². The summed E-state index contributed by atoms with van der Waals surface area (Å²) in [5, 5.41) is 0. The van der Waals surface area contributed by atoms with Gasteiger partial charge in [-0.15, -0.1) is 0 Å². The van der Waals surface area contributed by atoms with E-state index in [4.69, 9.17) is 14.6 Å². The third-order valence-electron chi connectivity index (χ3n) is 2.53. The summed E-state index contributed by atoms with van der Waals surface area (Å²) in [6, 6.07) is 2.16. The first-order valence-corrected chi connectivity index (χ1v) is 8.95. The maximum atomic E-state index is 6.08. The van der Waals surface area contributed by atoms with Gasteiger partial charge in [-0.05, 0) is 37.9 Å². The van der Waals surface area contributed by atoms with Crippen LogP contribution in [0, 0.1) is 0 Å². The Bertz CT molecular complexity index is 134. The molecular weight excluding hydrogens is 218 g/mol. The van der Waals surface area contributed by atoms with Gasteiger partial charge in [0.15, 0.2) is 0 Å². The standard InChI is InChI=1S/C12H29NO2Si/c1-4-9-14-16(11-6-3,12-7-8-13)15-10-5-2/h4-13H2,1-3H3. The summed E-state index contributed by atoms with van der Waals surface area (Å²) in [5.41, 5.74) is 5.60. The van der Waals surface area contributed by atoms with Gasteiger partial charge in [0, 0.05) is 13.2 Å². The smallest absolute Gasteiger partial charge is 0.338 e. The average Bonchev–Trinajstić information content (AvgIpc) is 2.31. The van der Waals surface area contributed by atoms with Crippen LogP contribution in [0.2, 0.25) is 12.1 Å². The molecule has 0 unspecified atom stereocenters. The first kappa shape index (κ1) is 16.1. The lowest BCUT2D eigenvalue weighted by atomic mass is 10.5. The van der Waals surface area contributed by atoms with E-state index in [1.54, 1.807) is 0 Å². The predicted molar refractivity (Wildman–Crippen MR) is 71.8 cm³/mol. The second kappa shape index (κ2) is 10.3. The molecule has 0 saturated heterocycles. The van der Waals surface area contributed by atoms with Crippen LogP contribution >= 0.6 is 0 Å². The zero-order valence-electron chi connectivity index (χ0n) is 11.3. The van der Waals surface area contributed by atoms with E-state index in [0.29, 0.717) is 0 Å². The van der Waals surface area contributed by atoms with Crippen molar-refractivity contribution < 1.29 is 8.85 Å². The number of hydrogen-bond acceptors (Lipinski definition) is 3. The molecule has 0 radical (unpaired) electrons. The third kappa shape index (κ3) is 6.63. The maximum absolute atomic E-state index is 6.08. The fourth-order valence-electron chi connectivity index (χ4n) is 1.78. The fourth-order valence-corrected chi connectivity index (χ4v) is 5.35. The monoisotopic (exact) mass is 247 g/mol. The fraction of sp³-hybridized carbons (Fsp3) is 1.00. The second-order valence-corrected chi connectivity index (χ2v) is 7.65. The van der Waals surface area contributed by atoms with Crippen molar-refractivity contribution >= 4 is 8.56 Å². The summed E-state index contributed by atoms with van der Waals surface area (Å²) in [5.74, 6) is 0. The molecule has 4 heteroatoms. The molecule has 2 N–H and O–H groups in total. The van der Waals surface area contributed by atoms with Crippen molar-refractivity contribution in [1.82, 2.24) is 0 Å². The molecule has 0 fully saturated rings. The number of hydrogen-bond donors (Lipinski definition) is 1. The number of nitrogens with two attached hydrogens (primary N) is 1. The molecule has 0 heterocycles. The first-order chi connectivity index (χ1) is 7.74. The van der Waals surface area contributed by atoms with Gasteiger partial charge in [0.2, 0.25) is 0 Å². The molecule has 98 valence electrons. The Labute approximate surface area is 102 Å². The Morgan fingerprint density at radius 2 is 1.44 bits per heavy atom. The van der Waals surface area contributed by atoms with Gasteiger partial charge in [0.05, 0.1) is 0 Å². The Morgan fingerprint density at radius 3 is 1.81 bits per heavy atom. The molecule has 0 aromatic carbocycles. The van der Waals surface area contributed by atoms with Crippen molar-refractivity contribution in [2.75, 3.05) is 19.8 Å². The van der Waals surface area contributed by atoms with E-state index in [1.165, 1.54) is 0 Å². The largest absolute Gasteiger partial charge is 0.394 e. The molecule has 0 aliphatic heterocycles. The Balaban J connectivity index is 4.32. The van der Waals surface area contributed by atoms with Crippen molar-refractivity contribution in [3.05, 3.63) is 0 Å². The van der Waals surface area contributed by atoms with Crippen LogP contribution in [0.1, 0.15) is 46.5 Å². The summed E-state index contributed by atoms with van der Waals surface area (Å²) in [7, 11) is -1.94. The lowest BCUT2D eigenvalue weighted by Gasteiger charge is -2.30. The highest BCUT2D eigenvalue weighted by Gasteiger charge is 2.35. The van der Waals surface area contributed by atoms with Gasteiger partial charge in [-0.2, -0.15) is 0 Å². The van der Waals surface area contributed by atoms with E-state index < -0.39 is 8.56 Å². The summed E-state index contributed by atoms with van der Waals surface area (Å²) in [6.45, 7) is 8.90. The van der Waals surface area contributed by atoms with E-state index in [-0.39, 0.29) is 0 Å². The molecule has 0 aromatic heterocycles. The van der Waals surface area contributed by atoms with Gasteiger partial charge in [-0.3, -0.25) is 0 Å². The van der Waals surface area contributed by atoms with Gasteiger partial charge >= 0.3 is 8.56 Å². The van der Waals surface area contributed by atoms with E-state index in [2.05, 4.69) is 20.8 Å². The molecule has 0 aliphatic carbocycles. The van der Waals surface area contributed by atoms with Crippen LogP contribution in [0.5, 0.6) is 0 Å². The van der Waals surface area contributed by atoms with Gasteiger partial charge < -0.3 is 14.6 Å². The normalized spacial score (nSPS) is 12.0. The Morgan fingerprint density at radius 1 is 0.875 bits per heavy atom. The zero-order chi connectivity index (χ0) is 12.3. The molecule has 16 heavy (non-hydrogen) atoms.